The molecule has 0 bridgehead atoms. The van der Waals surface area contributed by atoms with Gasteiger partial charge in [0, 0.05) is 6.54 Å². The maximum absolute atomic E-state index is 12.4. The molecule has 2 unspecified atom stereocenters. The van der Waals surface area contributed by atoms with Gasteiger partial charge in [-0.3, -0.25) is 0 Å². The van der Waals surface area contributed by atoms with Gasteiger partial charge in [-0.05, 0) is 13.0 Å². The third-order valence-corrected chi connectivity index (χ3v) is 2.29. The minimum Gasteiger partial charge on any atom is -0.316 e. The molecule has 0 aromatic rings. The minimum absolute atomic E-state index is 0.438. The average Bonchev–Trinajstić information content (AvgIpc) is 2.44. The molecule has 1 saturated heterocycles. The Labute approximate surface area is 52.4 Å². The highest BCUT2D eigenvalue weighted by atomic mass is 19.2. The lowest BCUT2D eigenvalue weighted by Crippen LogP contribution is -2.11. The Morgan fingerprint density at radius 2 is 2.33 bits per heavy atom. The SMILES string of the molecule is F[C]1C(F)C12CCNC2. The van der Waals surface area contributed by atoms with Crippen LogP contribution < -0.4 is 5.32 Å². The van der Waals surface area contributed by atoms with Gasteiger partial charge in [0.1, 0.15) is 6.17 Å². The van der Waals surface area contributed by atoms with Crippen LogP contribution in [0.3, 0.4) is 0 Å². The first-order valence-electron chi connectivity index (χ1n) is 3.15. The first-order valence-corrected chi connectivity index (χ1v) is 3.15. The molecule has 1 nitrogen and oxygen atoms in total. The Morgan fingerprint density at radius 3 is 2.56 bits per heavy atom. The largest absolute Gasteiger partial charge is 0.316 e. The molecule has 1 radical (unpaired) electrons. The fourth-order valence-electron chi connectivity index (χ4n) is 1.47. The Morgan fingerprint density at radius 1 is 1.67 bits per heavy atom. The zero-order valence-electron chi connectivity index (χ0n) is 4.95. The van der Waals surface area contributed by atoms with E-state index in [1.165, 1.54) is 0 Å². The molecule has 1 saturated carbocycles. The predicted molar refractivity (Wildman–Crippen MR) is 29.2 cm³/mol. The van der Waals surface area contributed by atoms with Crippen LogP contribution in [0.1, 0.15) is 6.42 Å². The molecule has 9 heavy (non-hydrogen) atoms. The van der Waals surface area contributed by atoms with Gasteiger partial charge in [-0.25, -0.2) is 8.78 Å². The highest BCUT2D eigenvalue weighted by Crippen LogP contribution is 2.61. The van der Waals surface area contributed by atoms with Crippen molar-refractivity contribution in [1.29, 1.82) is 0 Å². The molecular formula is C6H8F2N. The second kappa shape index (κ2) is 1.45. The molecule has 1 heterocycles. The van der Waals surface area contributed by atoms with Gasteiger partial charge in [0.2, 0.25) is 0 Å². The van der Waals surface area contributed by atoms with Gasteiger partial charge in [-0.15, -0.1) is 0 Å². The van der Waals surface area contributed by atoms with Crippen LogP contribution >= 0.6 is 0 Å². The van der Waals surface area contributed by atoms with Crippen molar-refractivity contribution in [1.82, 2.24) is 5.32 Å². The summed E-state index contributed by atoms with van der Waals surface area (Å²) in [4.78, 5) is 0. The Bertz CT molecular complexity index is 121. The summed E-state index contributed by atoms with van der Waals surface area (Å²) >= 11 is 0. The topological polar surface area (TPSA) is 12.0 Å². The zero-order chi connectivity index (χ0) is 6.48. The molecule has 1 aliphatic carbocycles. The maximum atomic E-state index is 12.4. The molecule has 2 fully saturated rings. The van der Waals surface area contributed by atoms with Crippen molar-refractivity contribution in [2.45, 2.75) is 12.6 Å². The van der Waals surface area contributed by atoms with E-state index in [9.17, 15) is 8.78 Å². The van der Waals surface area contributed by atoms with Gasteiger partial charge < -0.3 is 5.32 Å². The number of hydrogen-bond donors (Lipinski definition) is 1. The van der Waals surface area contributed by atoms with E-state index >= 15 is 0 Å². The summed E-state index contributed by atoms with van der Waals surface area (Å²) in [7, 11) is 0. The molecule has 0 aromatic carbocycles. The van der Waals surface area contributed by atoms with Crippen molar-refractivity contribution < 1.29 is 8.78 Å². The lowest BCUT2D eigenvalue weighted by atomic mass is 10.1. The second-order valence-electron chi connectivity index (χ2n) is 2.79. The molecule has 51 valence electrons. The number of nitrogens with one attached hydrogen (secondary N) is 1. The van der Waals surface area contributed by atoms with Gasteiger partial charge in [0.05, 0.1) is 5.41 Å². The predicted octanol–water partition coefficient (Wildman–Crippen LogP) is 0.819. The number of halogens is 2. The van der Waals surface area contributed by atoms with E-state index in [0.717, 1.165) is 6.54 Å². The van der Waals surface area contributed by atoms with E-state index < -0.39 is 17.8 Å². The maximum Gasteiger partial charge on any atom is 0.189 e. The fraction of sp³-hybridized carbons (Fsp3) is 0.833. The minimum atomic E-state index is -1.26. The van der Waals surface area contributed by atoms with E-state index in [1.807, 2.05) is 0 Å². The van der Waals surface area contributed by atoms with Crippen molar-refractivity contribution in [2.24, 2.45) is 5.41 Å². The monoisotopic (exact) mass is 132 g/mol. The Hall–Kier alpha value is -0.180. The Kier molecular flexibility index (Phi) is 0.903. The molecule has 1 N–H and O–H groups in total. The first-order chi connectivity index (χ1) is 4.27. The van der Waals surface area contributed by atoms with Crippen molar-refractivity contribution in [3.8, 4) is 0 Å². The van der Waals surface area contributed by atoms with Crippen LogP contribution in [0.5, 0.6) is 0 Å². The van der Waals surface area contributed by atoms with Crippen LogP contribution in [0.25, 0.3) is 0 Å². The molecule has 2 aliphatic rings. The fourth-order valence-corrected chi connectivity index (χ4v) is 1.47. The quantitative estimate of drug-likeness (QED) is 0.514. The Balaban J connectivity index is 2.11. The summed E-state index contributed by atoms with van der Waals surface area (Å²) in [6.07, 6.45) is -1.06. The molecule has 2 atom stereocenters. The van der Waals surface area contributed by atoms with Crippen molar-refractivity contribution >= 4 is 0 Å². The molecule has 0 amide bonds. The summed E-state index contributed by atoms with van der Waals surface area (Å²) in [6, 6.07) is 0. The highest BCUT2D eigenvalue weighted by molar-refractivity contribution is 5.30. The highest BCUT2D eigenvalue weighted by Gasteiger charge is 2.69. The van der Waals surface area contributed by atoms with Crippen LogP contribution in [0, 0.1) is 11.6 Å². The lowest BCUT2D eigenvalue weighted by Gasteiger charge is -1.97. The summed E-state index contributed by atoms with van der Waals surface area (Å²) in [6.45, 7) is 1.26. The second-order valence-corrected chi connectivity index (χ2v) is 2.79. The molecular weight excluding hydrogens is 124 g/mol. The van der Waals surface area contributed by atoms with Crippen molar-refractivity contribution in [3.05, 3.63) is 6.17 Å². The number of hydrogen-bond acceptors (Lipinski definition) is 1. The van der Waals surface area contributed by atoms with Crippen LogP contribution in [-0.4, -0.2) is 19.3 Å². The molecule has 3 heteroatoms. The van der Waals surface area contributed by atoms with Crippen LogP contribution in [0.2, 0.25) is 0 Å². The van der Waals surface area contributed by atoms with E-state index in [0.29, 0.717) is 13.0 Å². The van der Waals surface area contributed by atoms with E-state index in [1.54, 1.807) is 0 Å². The van der Waals surface area contributed by atoms with Gasteiger partial charge in [-0.1, -0.05) is 0 Å². The van der Waals surface area contributed by atoms with Crippen molar-refractivity contribution in [3.63, 3.8) is 0 Å². The number of rotatable bonds is 0. The summed E-state index contributed by atoms with van der Waals surface area (Å²) in [5.74, 6) is 0. The third-order valence-electron chi connectivity index (χ3n) is 2.29. The van der Waals surface area contributed by atoms with Gasteiger partial charge in [0.25, 0.3) is 0 Å². The third kappa shape index (κ3) is 0.509. The smallest absolute Gasteiger partial charge is 0.189 e. The normalized spacial score (nSPS) is 50.7. The van der Waals surface area contributed by atoms with Crippen LogP contribution in [0.15, 0.2) is 0 Å². The van der Waals surface area contributed by atoms with Gasteiger partial charge in [-0.2, -0.15) is 0 Å². The van der Waals surface area contributed by atoms with Crippen LogP contribution in [0.4, 0.5) is 8.78 Å². The molecule has 1 aliphatic heterocycles. The summed E-state index contributed by atoms with van der Waals surface area (Å²) in [5.41, 5.74) is -0.667. The van der Waals surface area contributed by atoms with Gasteiger partial charge >= 0.3 is 0 Å². The first kappa shape index (κ1) is 5.59. The van der Waals surface area contributed by atoms with E-state index in [-0.39, 0.29) is 0 Å². The molecule has 1 spiro atoms. The lowest BCUT2D eigenvalue weighted by molar-refractivity contribution is 0.377. The number of alkyl halides is 1. The molecule has 0 aromatic heterocycles. The van der Waals surface area contributed by atoms with E-state index in [4.69, 9.17) is 0 Å². The molecule has 2 rings (SSSR count). The van der Waals surface area contributed by atoms with Crippen LogP contribution in [-0.2, 0) is 0 Å². The standard InChI is InChI=1S/C6H8F2N/c7-4-5(8)6(4)1-2-9-3-6/h4,9H,1-3H2. The van der Waals surface area contributed by atoms with E-state index in [2.05, 4.69) is 5.32 Å². The van der Waals surface area contributed by atoms with Crippen molar-refractivity contribution in [2.75, 3.05) is 13.1 Å². The average molecular weight is 132 g/mol. The summed E-state index contributed by atoms with van der Waals surface area (Å²) in [5, 5.41) is 2.94. The summed E-state index contributed by atoms with van der Waals surface area (Å²) < 4.78 is 24.8. The zero-order valence-corrected chi connectivity index (χ0v) is 4.95. The van der Waals surface area contributed by atoms with Gasteiger partial charge in [0.15, 0.2) is 6.17 Å².